The van der Waals surface area contributed by atoms with Crippen LogP contribution in [-0.4, -0.2) is 21.9 Å². The van der Waals surface area contributed by atoms with E-state index in [1.807, 2.05) is 12.1 Å². The molecule has 0 bridgehead atoms. The van der Waals surface area contributed by atoms with Crippen molar-refractivity contribution in [1.82, 2.24) is 14.8 Å². The number of rotatable bonds is 4. The second kappa shape index (κ2) is 6.58. The molecule has 1 aromatic carbocycles. The SMILES string of the molecule is COc1ccc(Cn2ncc(N)c2-c2cc(C(F)(F)F)ncc2N)cc1. The van der Waals surface area contributed by atoms with Gasteiger partial charge in [0.25, 0.3) is 0 Å². The third kappa shape index (κ3) is 3.41. The van der Waals surface area contributed by atoms with E-state index in [1.54, 1.807) is 19.2 Å². The lowest BCUT2D eigenvalue weighted by atomic mass is 10.1. The van der Waals surface area contributed by atoms with Crippen molar-refractivity contribution in [3.63, 3.8) is 0 Å². The lowest BCUT2D eigenvalue weighted by Crippen LogP contribution is -2.11. The standard InChI is InChI=1S/C17H16F3N5O/c1-26-11-4-2-10(3-5-11)9-25-16(14(22)8-24-25)12-6-15(17(18,19)20)23-7-13(12)21/h2-8H,9,21-22H2,1H3. The second-order valence-electron chi connectivity index (χ2n) is 5.61. The molecule has 6 nitrogen and oxygen atoms in total. The number of ether oxygens (including phenoxy) is 1. The number of alkyl halides is 3. The maximum absolute atomic E-state index is 13.0. The van der Waals surface area contributed by atoms with Crippen LogP contribution in [0.25, 0.3) is 11.3 Å². The summed E-state index contributed by atoms with van der Waals surface area (Å²) in [5.74, 6) is 0.696. The zero-order valence-corrected chi connectivity index (χ0v) is 13.8. The van der Waals surface area contributed by atoms with Crippen LogP contribution in [0, 0.1) is 0 Å². The fourth-order valence-electron chi connectivity index (χ4n) is 2.54. The molecule has 26 heavy (non-hydrogen) atoms. The summed E-state index contributed by atoms with van der Waals surface area (Å²) in [5.41, 5.74) is 12.4. The number of halogens is 3. The van der Waals surface area contributed by atoms with Crippen molar-refractivity contribution in [2.75, 3.05) is 18.6 Å². The van der Waals surface area contributed by atoms with Crippen molar-refractivity contribution < 1.29 is 17.9 Å². The summed E-state index contributed by atoms with van der Waals surface area (Å²) in [6.07, 6.45) is -2.23. The first-order valence-corrected chi connectivity index (χ1v) is 7.57. The Hall–Kier alpha value is -3.23. The zero-order valence-electron chi connectivity index (χ0n) is 13.8. The maximum atomic E-state index is 13.0. The lowest BCUT2D eigenvalue weighted by molar-refractivity contribution is -0.141. The highest BCUT2D eigenvalue weighted by molar-refractivity contribution is 5.81. The summed E-state index contributed by atoms with van der Waals surface area (Å²) >= 11 is 0. The van der Waals surface area contributed by atoms with Crippen molar-refractivity contribution >= 4 is 11.4 Å². The number of aromatic nitrogens is 3. The molecule has 0 spiro atoms. The molecule has 136 valence electrons. The summed E-state index contributed by atoms with van der Waals surface area (Å²) in [5, 5.41) is 4.17. The molecule has 0 amide bonds. The van der Waals surface area contributed by atoms with E-state index in [0.29, 0.717) is 18.0 Å². The van der Waals surface area contributed by atoms with Crippen molar-refractivity contribution in [3.05, 3.63) is 54.0 Å². The van der Waals surface area contributed by atoms with Gasteiger partial charge in [-0.1, -0.05) is 12.1 Å². The molecule has 0 aliphatic heterocycles. The number of anilines is 2. The third-order valence-electron chi connectivity index (χ3n) is 3.84. The van der Waals surface area contributed by atoms with Gasteiger partial charge in [-0.3, -0.25) is 4.68 Å². The quantitative estimate of drug-likeness (QED) is 0.743. The molecule has 0 saturated heterocycles. The lowest BCUT2D eigenvalue weighted by Gasteiger charge is -2.13. The maximum Gasteiger partial charge on any atom is 0.433 e. The van der Waals surface area contributed by atoms with Gasteiger partial charge in [0.1, 0.15) is 11.4 Å². The van der Waals surface area contributed by atoms with E-state index in [1.165, 1.54) is 10.9 Å². The van der Waals surface area contributed by atoms with Crippen LogP contribution in [0.2, 0.25) is 0 Å². The largest absolute Gasteiger partial charge is 0.497 e. The van der Waals surface area contributed by atoms with Crippen LogP contribution in [0.1, 0.15) is 11.3 Å². The topological polar surface area (TPSA) is 92.0 Å². The number of hydrogen-bond acceptors (Lipinski definition) is 5. The summed E-state index contributed by atoms with van der Waals surface area (Å²) in [4.78, 5) is 3.35. The van der Waals surface area contributed by atoms with Gasteiger partial charge in [0, 0.05) is 5.56 Å². The highest BCUT2D eigenvalue weighted by atomic mass is 19.4. The molecule has 3 aromatic rings. The van der Waals surface area contributed by atoms with Crippen molar-refractivity contribution in [1.29, 1.82) is 0 Å². The van der Waals surface area contributed by atoms with Gasteiger partial charge in [-0.25, -0.2) is 4.98 Å². The predicted octanol–water partition coefficient (Wildman–Crippen LogP) is 3.19. The average molecular weight is 363 g/mol. The first kappa shape index (κ1) is 17.6. The van der Waals surface area contributed by atoms with E-state index >= 15 is 0 Å². The Kier molecular flexibility index (Phi) is 4.45. The van der Waals surface area contributed by atoms with Crippen LogP contribution in [0.4, 0.5) is 24.5 Å². The molecule has 0 atom stereocenters. The van der Waals surface area contributed by atoms with E-state index in [-0.39, 0.29) is 16.9 Å². The van der Waals surface area contributed by atoms with Crippen molar-refractivity contribution in [3.8, 4) is 17.0 Å². The Balaban J connectivity index is 2.03. The molecule has 2 aromatic heterocycles. The van der Waals surface area contributed by atoms with Gasteiger partial charge in [-0.15, -0.1) is 0 Å². The monoisotopic (exact) mass is 363 g/mol. The molecule has 0 aliphatic rings. The molecule has 9 heteroatoms. The van der Waals surface area contributed by atoms with Gasteiger partial charge in [0.2, 0.25) is 0 Å². The van der Waals surface area contributed by atoms with Crippen LogP contribution in [-0.2, 0) is 12.7 Å². The Morgan fingerprint density at radius 2 is 1.77 bits per heavy atom. The molecular formula is C17H16F3N5O. The van der Waals surface area contributed by atoms with Crippen LogP contribution in [0.5, 0.6) is 5.75 Å². The molecule has 0 saturated carbocycles. The van der Waals surface area contributed by atoms with Crippen molar-refractivity contribution in [2.45, 2.75) is 12.7 Å². The number of hydrogen-bond donors (Lipinski definition) is 2. The summed E-state index contributed by atoms with van der Waals surface area (Å²) in [7, 11) is 1.56. The van der Waals surface area contributed by atoms with Crippen LogP contribution >= 0.6 is 0 Å². The number of nitrogens with zero attached hydrogens (tertiary/aromatic N) is 3. The number of benzene rings is 1. The van der Waals surface area contributed by atoms with E-state index in [2.05, 4.69) is 10.1 Å². The predicted molar refractivity (Wildman–Crippen MR) is 91.4 cm³/mol. The Morgan fingerprint density at radius 1 is 1.08 bits per heavy atom. The minimum absolute atomic E-state index is 0.0844. The first-order chi connectivity index (χ1) is 12.3. The number of pyridine rings is 1. The molecule has 4 N–H and O–H groups in total. The molecule has 0 radical (unpaired) electrons. The van der Waals surface area contributed by atoms with Gasteiger partial charge < -0.3 is 16.2 Å². The van der Waals surface area contributed by atoms with E-state index in [4.69, 9.17) is 16.2 Å². The molecule has 0 fully saturated rings. The fourth-order valence-corrected chi connectivity index (χ4v) is 2.54. The smallest absolute Gasteiger partial charge is 0.433 e. The Bertz CT molecular complexity index is 919. The van der Waals surface area contributed by atoms with Gasteiger partial charge in [-0.05, 0) is 23.8 Å². The Labute approximate surface area is 147 Å². The van der Waals surface area contributed by atoms with Gasteiger partial charge >= 0.3 is 6.18 Å². The Morgan fingerprint density at radius 3 is 2.38 bits per heavy atom. The molecular weight excluding hydrogens is 347 g/mol. The summed E-state index contributed by atoms with van der Waals surface area (Å²) < 4.78 is 45.6. The highest BCUT2D eigenvalue weighted by Crippen LogP contribution is 2.35. The van der Waals surface area contributed by atoms with Crippen LogP contribution in [0.15, 0.2) is 42.7 Å². The summed E-state index contributed by atoms with van der Waals surface area (Å²) in [6, 6.07) is 8.11. The van der Waals surface area contributed by atoms with Crippen molar-refractivity contribution in [2.24, 2.45) is 0 Å². The number of methoxy groups -OCH3 is 1. The second-order valence-corrected chi connectivity index (χ2v) is 5.61. The number of nitrogen functional groups attached to an aromatic ring is 2. The minimum Gasteiger partial charge on any atom is -0.497 e. The number of nitrogens with two attached hydrogens (primary N) is 2. The molecule has 3 rings (SSSR count). The average Bonchev–Trinajstić information content (AvgIpc) is 2.95. The molecule has 0 aliphatic carbocycles. The van der Waals surface area contributed by atoms with Crippen LogP contribution in [0.3, 0.4) is 0 Å². The molecule has 2 heterocycles. The van der Waals surface area contributed by atoms with Gasteiger partial charge in [0.05, 0.1) is 43.1 Å². The third-order valence-corrected chi connectivity index (χ3v) is 3.84. The van der Waals surface area contributed by atoms with Gasteiger partial charge in [0.15, 0.2) is 0 Å². The van der Waals surface area contributed by atoms with E-state index in [9.17, 15) is 13.2 Å². The van der Waals surface area contributed by atoms with E-state index in [0.717, 1.165) is 17.8 Å². The fraction of sp³-hybridized carbons (Fsp3) is 0.176. The minimum atomic E-state index is -4.59. The normalized spacial score (nSPS) is 11.5. The summed E-state index contributed by atoms with van der Waals surface area (Å²) in [6.45, 7) is 0.305. The highest BCUT2D eigenvalue weighted by Gasteiger charge is 2.33. The zero-order chi connectivity index (χ0) is 18.9. The van der Waals surface area contributed by atoms with Crippen LogP contribution < -0.4 is 16.2 Å². The van der Waals surface area contributed by atoms with Gasteiger partial charge in [-0.2, -0.15) is 18.3 Å². The molecule has 0 unspecified atom stereocenters. The van der Waals surface area contributed by atoms with E-state index < -0.39 is 11.9 Å². The first-order valence-electron chi connectivity index (χ1n) is 7.57.